The van der Waals surface area contributed by atoms with Gasteiger partial charge in [0.25, 0.3) is 5.91 Å². The van der Waals surface area contributed by atoms with Gasteiger partial charge in [-0.25, -0.2) is 0 Å². The highest BCUT2D eigenvalue weighted by molar-refractivity contribution is 6.04. The molecule has 1 amide bonds. The molecule has 0 spiro atoms. The van der Waals surface area contributed by atoms with E-state index in [2.05, 4.69) is 15.5 Å². The fourth-order valence-corrected chi connectivity index (χ4v) is 2.29. The number of benzene rings is 1. The zero-order valence-corrected chi connectivity index (χ0v) is 12.5. The molecule has 0 fully saturated rings. The number of carbonyl (C=O) groups is 1. The van der Waals surface area contributed by atoms with Crippen LogP contribution in [0.3, 0.4) is 0 Å². The number of anilines is 1. The summed E-state index contributed by atoms with van der Waals surface area (Å²) >= 11 is 0. The lowest BCUT2D eigenvalue weighted by atomic mass is 10.2. The number of aromatic nitrogens is 4. The van der Waals surface area contributed by atoms with Crippen LogP contribution in [-0.4, -0.2) is 25.5 Å². The zero-order valence-electron chi connectivity index (χ0n) is 12.5. The molecule has 22 heavy (non-hydrogen) atoms. The Morgan fingerprint density at radius 3 is 2.64 bits per heavy atom. The van der Waals surface area contributed by atoms with Crippen molar-refractivity contribution >= 4 is 11.7 Å². The molecular formula is C16H17N5O. The van der Waals surface area contributed by atoms with Gasteiger partial charge in [-0.15, -0.1) is 0 Å². The van der Waals surface area contributed by atoms with E-state index in [4.69, 9.17) is 0 Å². The third-order valence-corrected chi connectivity index (χ3v) is 3.33. The maximum atomic E-state index is 12.2. The number of hydrogen-bond donors (Lipinski definition) is 1. The van der Waals surface area contributed by atoms with E-state index >= 15 is 0 Å². The summed E-state index contributed by atoms with van der Waals surface area (Å²) < 4.78 is 3.42. The van der Waals surface area contributed by atoms with Crippen LogP contribution in [0, 0.1) is 6.92 Å². The van der Waals surface area contributed by atoms with Crippen LogP contribution in [0.2, 0.25) is 0 Å². The zero-order chi connectivity index (χ0) is 15.5. The monoisotopic (exact) mass is 295 g/mol. The van der Waals surface area contributed by atoms with Gasteiger partial charge in [0.2, 0.25) is 0 Å². The van der Waals surface area contributed by atoms with Crippen molar-refractivity contribution in [1.29, 1.82) is 0 Å². The molecule has 1 N–H and O–H groups in total. The fourth-order valence-electron chi connectivity index (χ4n) is 2.29. The van der Waals surface area contributed by atoms with Crippen molar-refractivity contribution in [3.63, 3.8) is 0 Å². The van der Waals surface area contributed by atoms with E-state index in [0.29, 0.717) is 23.6 Å². The van der Waals surface area contributed by atoms with E-state index < -0.39 is 0 Å². The summed E-state index contributed by atoms with van der Waals surface area (Å²) in [4.78, 5) is 12.2. The molecule has 2 heterocycles. The summed E-state index contributed by atoms with van der Waals surface area (Å²) in [6.45, 7) is 2.48. The molecular weight excluding hydrogens is 278 g/mol. The molecule has 0 saturated carbocycles. The van der Waals surface area contributed by atoms with Crippen molar-refractivity contribution in [3.8, 4) is 0 Å². The first-order chi connectivity index (χ1) is 10.6. The molecule has 0 atom stereocenters. The first kappa shape index (κ1) is 14.1. The highest BCUT2D eigenvalue weighted by atomic mass is 16.1. The maximum absolute atomic E-state index is 12.2. The SMILES string of the molecule is Cc1nn(C)cc1C(=O)Nc1ccn(Cc2ccccc2)n1. The second-order valence-electron chi connectivity index (χ2n) is 5.14. The van der Waals surface area contributed by atoms with Crippen molar-refractivity contribution < 1.29 is 4.79 Å². The van der Waals surface area contributed by atoms with Crippen LogP contribution in [0.15, 0.2) is 48.8 Å². The molecule has 3 rings (SSSR count). The Morgan fingerprint density at radius 1 is 1.18 bits per heavy atom. The summed E-state index contributed by atoms with van der Waals surface area (Å²) in [7, 11) is 1.79. The van der Waals surface area contributed by atoms with Crippen LogP contribution >= 0.6 is 0 Å². The molecule has 0 radical (unpaired) electrons. The number of carbonyl (C=O) groups excluding carboxylic acids is 1. The molecule has 0 bridgehead atoms. The van der Waals surface area contributed by atoms with Crippen LogP contribution in [0.25, 0.3) is 0 Å². The van der Waals surface area contributed by atoms with Crippen LogP contribution in [0.4, 0.5) is 5.82 Å². The first-order valence-electron chi connectivity index (χ1n) is 7.01. The van der Waals surface area contributed by atoms with Crippen molar-refractivity contribution in [1.82, 2.24) is 19.6 Å². The van der Waals surface area contributed by atoms with E-state index in [1.54, 1.807) is 28.7 Å². The van der Waals surface area contributed by atoms with Crippen LogP contribution < -0.4 is 5.32 Å². The standard InChI is InChI=1S/C16H17N5O/c1-12-14(11-20(2)18-12)16(22)17-15-8-9-21(19-15)10-13-6-4-3-5-7-13/h3-9,11H,10H2,1-2H3,(H,17,19,22). The Kier molecular flexibility index (Phi) is 3.74. The Bertz CT molecular complexity index is 788. The minimum atomic E-state index is -0.199. The molecule has 0 saturated heterocycles. The Labute approximate surface area is 128 Å². The molecule has 0 unspecified atom stereocenters. The Balaban J connectivity index is 1.69. The lowest BCUT2D eigenvalue weighted by Gasteiger charge is -2.02. The van der Waals surface area contributed by atoms with Crippen molar-refractivity contribution in [2.24, 2.45) is 7.05 Å². The summed E-state index contributed by atoms with van der Waals surface area (Å²) in [5.74, 6) is 0.333. The number of hydrogen-bond acceptors (Lipinski definition) is 3. The minimum absolute atomic E-state index is 0.199. The van der Waals surface area contributed by atoms with Crippen LogP contribution in [-0.2, 0) is 13.6 Å². The number of nitrogens with zero attached hydrogens (tertiary/aromatic N) is 4. The minimum Gasteiger partial charge on any atom is -0.305 e. The number of nitrogens with one attached hydrogen (secondary N) is 1. The third-order valence-electron chi connectivity index (χ3n) is 3.33. The third kappa shape index (κ3) is 3.06. The normalized spacial score (nSPS) is 10.6. The molecule has 3 aromatic rings. The Hall–Kier alpha value is -2.89. The summed E-state index contributed by atoms with van der Waals surface area (Å²) in [6, 6.07) is 11.8. The molecule has 112 valence electrons. The fraction of sp³-hybridized carbons (Fsp3) is 0.188. The topological polar surface area (TPSA) is 64.7 Å². The van der Waals surface area contributed by atoms with Gasteiger partial charge in [0.05, 0.1) is 17.8 Å². The van der Waals surface area contributed by atoms with Gasteiger partial charge in [0.1, 0.15) is 0 Å². The lowest BCUT2D eigenvalue weighted by molar-refractivity contribution is 0.102. The second kappa shape index (κ2) is 5.85. The van der Waals surface area contributed by atoms with Crippen molar-refractivity contribution in [3.05, 3.63) is 65.6 Å². The average Bonchev–Trinajstić information content (AvgIpc) is 3.06. The largest absolute Gasteiger partial charge is 0.305 e. The van der Waals surface area contributed by atoms with Gasteiger partial charge < -0.3 is 5.32 Å². The molecule has 2 aromatic heterocycles. The van der Waals surface area contributed by atoms with E-state index in [0.717, 1.165) is 5.56 Å². The van der Waals surface area contributed by atoms with E-state index in [1.807, 2.05) is 43.5 Å². The average molecular weight is 295 g/mol. The molecule has 0 aliphatic heterocycles. The van der Waals surface area contributed by atoms with Gasteiger partial charge in [-0.1, -0.05) is 30.3 Å². The van der Waals surface area contributed by atoms with Gasteiger partial charge in [-0.3, -0.25) is 14.2 Å². The van der Waals surface area contributed by atoms with E-state index in [-0.39, 0.29) is 5.91 Å². The summed E-state index contributed by atoms with van der Waals surface area (Å²) in [5.41, 5.74) is 2.41. The smallest absolute Gasteiger partial charge is 0.260 e. The number of amides is 1. The number of aryl methyl sites for hydroxylation is 2. The molecule has 0 aliphatic rings. The van der Waals surface area contributed by atoms with Gasteiger partial charge >= 0.3 is 0 Å². The molecule has 6 nitrogen and oxygen atoms in total. The Morgan fingerprint density at radius 2 is 1.95 bits per heavy atom. The number of rotatable bonds is 4. The van der Waals surface area contributed by atoms with Crippen molar-refractivity contribution in [2.45, 2.75) is 13.5 Å². The predicted molar refractivity (Wildman–Crippen MR) is 83.7 cm³/mol. The van der Waals surface area contributed by atoms with Gasteiger partial charge in [-0.2, -0.15) is 10.2 Å². The van der Waals surface area contributed by atoms with Crippen LogP contribution in [0.1, 0.15) is 21.6 Å². The maximum Gasteiger partial charge on any atom is 0.260 e. The van der Waals surface area contributed by atoms with Gasteiger partial charge in [0, 0.05) is 25.5 Å². The van der Waals surface area contributed by atoms with Crippen LogP contribution in [0.5, 0.6) is 0 Å². The lowest BCUT2D eigenvalue weighted by Crippen LogP contribution is -2.13. The van der Waals surface area contributed by atoms with Gasteiger partial charge in [0.15, 0.2) is 5.82 Å². The molecule has 6 heteroatoms. The quantitative estimate of drug-likeness (QED) is 0.802. The van der Waals surface area contributed by atoms with Gasteiger partial charge in [-0.05, 0) is 12.5 Å². The highest BCUT2D eigenvalue weighted by Gasteiger charge is 2.13. The highest BCUT2D eigenvalue weighted by Crippen LogP contribution is 2.10. The molecule has 0 aliphatic carbocycles. The first-order valence-corrected chi connectivity index (χ1v) is 7.01. The van der Waals surface area contributed by atoms with Crippen molar-refractivity contribution in [2.75, 3.05) is 5.32 Å². The summed E-state index contributed by atoms with van der Waals surface area (Å²) in [5, 5.41) is 11.3. The predicted octanol–water partition coefficient (Wildman–Crippen LogP) is 2.23. The summed E-state index contributed by atoms with van der Waals surface area (Å²) in [6.07, 6.45) is 3.55. The molecule has 1 aromatic carbocycles. The second-order valence-corrected chi connectivity index (χ2v) is 5.14. The van der Waals surface area contributed by atoms with E-state index in [9.17, 15) is 4.79 Å². The van der Waals surface area contributed by atoms with E-state index in [1.165, 1.54) is 0 Å².